The van der Waals surface area contributed by atoms with Crippen molar-refractivity contribution in [2.24, 2.45) is 5.92 Å². The number of phenols is 1. The Morgan fingerprint density at radius 3 is 2.73 bits per heavy atom. The van der Waals surface area contributed by atoms with Crippen LogP contribution in [0.3, 0.4) is 0 Å². The molecule has 1 atom stereocenters. The molecule has 1 amide bonds. The van der Waals surface area contributed by atoms with Gasteiger partial charge in [0, 0.05) is 12.1 Å². The first-order valence-corrected chi connectivity index (χ1v) is 10.2. The normalized spacial score (nSPS) is 17.1. The topological polar surface area (TPSA) is 91.5 Å². The van der Waals surface area contributed by atoms with Crippen LogP contribution in [0.15, 0.2) is 47.0 Å². The number of aromatic hydroxyl groups is 1. The van der Waals surface area contributed by atoms with Crippen molar-refractivity contribution in [2.75, 3.05) is 18.4 Å². The zero-order chi connectivity index (χ0) is 21.1. The minimum absolute atomic E-state index is 0.0766. The zero-order valence-electron chi connectivity index (χ0n) is 17.3. The SMILES string of the molecule is Cc1ccc(-c2nc(CN3CCCC(C(=O)Nc4ccc(C)cc4O)C3)no2)cc1. The van der Waals surface area contributed by atoms with Gasteiger partial charge < -0.3 is 14.9 Å². The van der Waals surface area contributed by atoms with Crippen LogP contribution in [0.4, 0.5) is 5.69 Å². The minimum atomic E-state index is -0.150. The highest BCUT2D eigenvalue weighted by atomic mass is 16.5. The number of carbonyl (C=O) groups is 1. The fourth-order valence-corrected chi connectivity index (χ4v) is 3.73. The lowest BCUT2D eigenvalue weighted by atomic mass is 9.97. The summed E-state index contributed by atoms with van der Waals surface area (Å²) in [7, 11) is 0. The molecule has 7 nitrogen and oxygen atoms in total. The van der Waals surface area contributed by atoms with Gasteiger partial charge in [-0.25, -0.2) is 0 Å². The van der Waals surface area contributed by atoms with Gasteiger partial charge >= 0.3 is 0 Å². The second kappa shape index (κ2) is 8.67. The monoisotopic (exact) mass is 406 g/mol. The number of phenolic OH excluding ortho intramolecular Hbond substituents is 1. The van der Waals surface area contributed by atoms with E-state index >= 15 is 0 Å². The van der Waals surface area contributed by atoms with Crippen molar-refractivity contribution in [3.05, 3.63) is 59.4 Å². The summed E-state index contributed by atoms with van der Waals surface area (Å²) in [5.74, 6) is 0.982. The third kappa shape index (κ3) is 4.68. The first-order valence-electron chi connectivity index (χ1n) is 10.2. The molecule has 7 heteroatoms. The average Bonchev–Trinajstić information content (AvgIpc) is 3.19. The Hall–Kier alpha value is -3.19. The second-order valence-corrected chi connectivity index (χ2v) is 7.97. The highest BCUT2D eigenvalue weighted by Crippen LogP contribution is 2.26. The molecular formula is C23H26N4O3. The van der Waals surface area contributed by atoms with Crippen LogP contribution >= 0.6 is 0 Å². The van der Waals surface area contributed by atoms with Crippen LogP contribution in [0, 0.1) is 19.8 Å². The van der Waals surface area contributed by atoms with Crippen molar-refractivity contribution in [2.45, 2.75) is 33.2 Å². The molecule has 0 aliphatic carbocycles. The molecule has 1 fully saturated rings. The summed E-state index contributed by atoms with van der Waals surface area (Å²) < 4.78 is 5.41. The number of rotatable bonds is 5. The number of hydrogen-bond acceptors (Lipinski definition) is 6. The molecule has 1 aliphatic rings. The number of carbonyl (C=O) groups excluding carboxylic acids is 1. The van der Waals surface area contributed by atoms with Gasteiger partial charge in [-0.3, -0.25) is 9.69 Å². The lowest BCUT2D eigenvalue weighted by Crippen LogP contribution is -2.40. The predicted octanol–water partition coefficient (Wildman–Crippen LogP) is 3.91. The number of anilines is 1. The first kappa shape index (κ1) is 20.1. The Bertz CT molecular complexity index is 1030. The standard InChI is InChI=1S/C23H26N4O3/c1-15-5-8-17(9-6-15)23-25-21(26-30-23)14-27-11-3-4-18(13-27)22(29)24-19-10-7-16(2)12-20(19)28/h5-10,12,18,28H,3-4,11,13-14H2,1-2H3,(H,24,29). The van der Waals surface area contributed by atoms with Crippen LogP contribution in [-0.4, -0.2) is 39.1 Å². The smallest absolute Gasteiger partial charge is 0.257 e. The summed E-state index contributed by atoms with van der Waals surface area (Å²) in [6.07, 6.45) is 1.73. The molecule has 0 radical (unpaired) electrons. The van der Waals surface area contributed by atoms with Crippen molar-refractivity contribution in [1.82, 2.24) is 15.0 Å². The number of likely N-dealkylation sites (tertiary alicyclic amines) is 1. The zero-order valence-corrected chi connectivity index (χ0v) is 17.3. The number of nitrogens with one attached hydrogen (secondary N) is 1. The third-order valence-corrected chi connectivity index (χ3v) is 5.42. The number of aryl methyl sites for hydroxylation is 2. The predicted molar refractivity (Wildman–Crippen MR) is 114 cm³/mol. The van der Waals surface area contributed by atoms with E-state index in [1.54, 1.807) is 12.1 Å². The third-order valence-electron chi connectivity index (χ3n) is 5.42. The van der Waals surface area contributed by atoms with E-state index in [-0.39, 0.29) is 17.6 Å². The molecule has 30 heavy (non-hydrogen) atoms. The van der Waals surface area contributed by atoms with Gasteiger partial charge in [-0.2, -0.15) is 4.98 Å². The molecule has 3 aromatic rings. The van der Waals surface area contributed by atoms with Crippen molar-refractivity contribution in [3.63, 3.8) is 0 Å². The number of benzene rings is 2. The summed E-state index contributed by atoms with van der Waals surface area (Å²) in [6, 6.07) is 13.2. The van der Waals surface area contributed by atoms with Crippen molar-refractivity contribution in [3.8, 4) is 17.2 Å². The van der Waals surface area contributed by atoms with Crippen LogP contribution in [-0.2, 0) is 11.3 Å². The number of piperidine rings is 1. The Morgan fingerprint density at radius 1 is 1.20 bits per heavy atom. The average molecular weight is 406 g/mol. The first-order chi connectivity index (χ1) is 14.5. The van der Waals surface area contributed by atoms with Crippen molar-refractivity contribution >= 4 is 11.6 Å². The van der Waals surface area contributed by atoms with Crippen LogP contribution in [0.1, 0.15) is 29.8 Å². The quantitative estimate of drug-likeness (QED) is 0.624. The van der Waals surface area contributed by atoms with Gasteiger partial charge in [0.25, 0.3) is 5.89 Å². The molecule has 156 valence electrons. The summed E-state index contributed by atoms with van der Waals surface area (Å²) in [5.41, 5.74) is 3.46. The molecule has 2 aromatic carbocycles. The van der Waals surface area contributed by atoms with Crippen LogP contribution in [0.25, 0.3) is 11.5 Å². The highest BCUT2D eigenvalue weighted by Gasteiger charge is 2.27. The number of amides is 1. The summed E-state index contributed by atoms with van der Waals surface area (Å²) in [6.45, 7) is 5.97. The molecule has 0 spiro atoms. The van der Waals surface area contributed by atoms with Gasteiger partial charge in [-0.05, 0) is 63.1 Å². The molecule has 1 aliphatic heterocycles. The number of hydrogen-bond donors (Lipinski definition) is 2. The summed E-state index contributed by atoms with van der Waals surface area (Å²) in [4.78, 5) is 19.4. The molecule has 2 heterocycles. The Kier molecular flexibility index (Phi) is 5.81. The van der Waals surface area contributed by atoms with Crippen LogP contribution in [0.5, 0.6) is 5.75 Å². The molecule has 0 bridgehead atoms. The van der Waals surface area contributed by atoms with E-state index in [2.05, 4.69) is 20.4 Å². The van der Waals surface area contributed by atoms with Gasteiger partial charge in [-0.15, -0.1) is 0 Å². The lowest BCUT2D eigenvalue weighted by Gasteiger charge is -2.31. The fraction of sp³-hybridized carbons (Fsp3) is 0.348. The van der Waals surface area contributed by atoms with Gasteiger partial charge in [0.1, 0.15) is 5.75 Å². The van der Waals surface area contributed by atoms with Crippen molar-refractivity contribution < 1.29 is 14.4 Å². The molecule has 0 saturated carbocycles. The maximum atomic E-state index is 12.7. The van der Waals surface area contributed by atoms with E-state index in [9.17, 15) is 9.90 Å². The Labute approximate surface area is 175 Å². The molecule has 2 N–H and O–H groups in total. The van der Waals surface area contributed by atoms with Gasteiger partial charge in [0.15, 0.2) is 5.82 Å². The Morgan fingerprint density at radius 2 is 1.97 bits per heavy atom. The minimum Gasteiger partial charge on any atom is -0.506 e. The summed E-state index contributed by atoms with van der Waals surface area (Å²) in [5, 5.41) is 17.0. The number of nitrogens with zero attached hydrogens (tertiary/aromatic N) is 3. The van der Waals surface area contributed by atoms with E-state index in [1.807, 2.05) is 44.2 Å². The fourth-order valence-electron chi connectivity index (χ4n) is 3.73. The van der Waals surface area contributed by atoms with E-state index in [0.29, 0.717) is 30.5 Å². The number of aromatic nitrogens is 2. The maximum absolute atomic E-state index is 12.7. The molecular weight excluding hydrogens is 380 g/mol. The summed E-state index contributed by atoms with van der Waals surface area (Å²) >= 11 is 0. The van der Waals surface area contributed by atoms with Crippen LogP contribution < -0.4 is 5.32 Å². The molecule has 1 aromatic heterocycles. The van der Waals surface area contributed by atoms with Gasteiger partial charge in [0.05, 0.1) is 18.2 Å². The second-order valence-electron chi connectivity index (χ2n) is 7.97. The molecule has 1 saturated heterocycles. The lowest BCUT2D eigenvalue weighted by molar-refractivity contribution is -0.121. The molecule has 4 rings (SSSR count). The largest absolute Gasteiger partial charge is 0.506 e. The van der Waals surface area contributed by atoms with E-state index in [0.717, 1.165) is 30.5 Å². The van der Waals surface area contributed by atoms with Crippen LogP contribution in [0.2, 0.25) is 0 Å². The van der Waals surface area contributed by atoms with E-state index in [4.69, 9.17) is 4.52 Å². The van der Waals surface area contributed by atoms with Crippen molar-refractivity contribution in [1.29, 1.82) is 0 Å². The highest BCUT2D eigenvalue weighted by molar-refractivity contribution is 5.94. The van der Waals surface area contributed by atoms with Gasteiger partial charge in [-0.1, -0.05) is 28.9 Å². The Balaban J connectivity index is 1.37. The van der Waals surface area contributed by atoms with E-state index in [1.165, 1.54) is 5.56 Å². The molecule has 1 unspecified atom stereocenters. The van der Waals surface area contributed by atoms with Gasteiger partial charge in [0.2, 0.25) is 5.91 Å². The maximum Gasteiger partial charge on any atom is 0.257 e. The van der Waals surface area contributed by atoms with E-state index < -0.39 is 0 Å².